The average molecular weight is 371 g/mol. The van der Waals surface area contributed by atoms with E-state index in [-0.39, 0.29) is 6.01 Å². The third-order valence-corrected chi connectivity index (χ3v) is 4.34. The molecule has 26 heavy (non-hydrogen) atoms. The summed E-state index contributed by atoms with van der Waals surface area (Å²) in [6.45, 7) is 0. The lowest BCUT2D eigenvalue weighted by molar-refractivity contribution is 0.102. The number of carbonyl (C=O) groups excluding carboxylic acids is 1. The number of amides is 1. The van der Waals surface area contributed by atoms with Gasteiger partial charge < -0.3 is 13.9 Å². The second-order valence-electron chi connectivity index (χ2n) is 5.14. The number of para-hydroxylation sites is 1. The van der Waals surface area contributed by atoms with Gasteiger partial charge in [0.1, 0.15) is 0 Å². The molecule has 0 aliphatic rings. The second-order valence-corrected chi connectivity index (χ2v) is 6.02. The molecule has 1 amide bonds. The van der Waals surface area contributed by atoms with Crippen molar-refractivity contribution < 1.29 is 18.7 Å². The van der Waals surface area contributed by atoms with Gasteiger partial charge in [-0.25, -0.2) is 0 Å². The minimum absolute atomic E-state index is 0.00410. The summed E-state index contributed by atoms with van der Waals surface area (Å²) < 4.78 is 16.0. The van der Waals surface area contributed by atoms with Crippen molar-refractivity contribution in [2.24, 2.45) is 0 Å². The average Bonchev–Trinajstić information content (AvgIpc) is 3.15. The van der Waals surface area contributed by atoms with E-state index in [4.69, 9.17) is 13.9 Å². The molecule has 1 heterocycles. The Balaban J connectivity index is 1.82. The molecule has 2 aromatic carbocycles. The van der Waals surface area contributed by atoms with Gasteiger partial charge in [-0.05, 0) is 36.6 Å². The van der Waals surface area contributed by atoms with Gasteiger partial charge in [-0.2, -0.15) is 0 Å². The summed E-state index contributed by atoms with van der Waals surface area (Å²) in [4.78, 5) is 13.6. The summed E-state index contributed by atoms with van der Waals surface area (Å²) in [5.41, 5.74) is 1.08. The number of nitrogens with zero attached hydrogens (tertiary/aromatic N) is 2. The zero-order valence-corrected chi connectivity index (χ0v) is 15.3. The lowest BCUT2D eigenvalue weighted by atomic mass is 10.1. The maximum absolute atomic E-state index is 12.5. The topological polar surface area (TPSA) is 86.5 Å². The number of nitrogens with one attached hydrogen (secondary N) is 1. The number of ether oxygens (including phenoxy) is 2. The van der Waals surface area contributed by atoms with Crippen molar-refractivity contribution in [3.8, 4) is 23.0 Å². The van der Waals surface area contributed by atoms with Gasteiger partial charge in [0.15, 0.2) is 11.5 Å². The van der Waals surface area contributed by atoms with Gasteiger partial charge in [0.05, 0.1) is 19.8 Å². The van der Waals surface area contributed by atoms with E-state index in [2.05, 4.69) is 15.5 Å². The second kappa shape index (κ2) is 7.92. The number of methoxy groups -OCH3 is 2. The molecule has 0 saturated heterocycles. The minimum atomic E-state index is -0.436. The molecule has 0 saturated carbocycles. The molecule has 3 aromatic rings. The largest absolute Gasteiger partial charge is 0.493 e. The Morgan fingerprint density at radius 3 is 2.65 bits per heavy atom. The Morgan fingerprint density at radius 2 is 1.92 bits per heavy atom. The Hall–Kier alpha value is -3.00. The molecule has 0 spiro atoms. The molecule has 134 valence electrons. The number of thioether (sulfide) groups is 1. The summed E-state index contributed by atoms with van der Waals surface area (Å²) in [5.74, 6) is 0.683. The van der Waals surface area contributed by atoms with Crippen LogP contribution >= 0.6 is 11.8 Å². The highest BCUT2D eigenvalue weighted by atomic mass is 32.2. The SMILES string of the molecule is COc1cccc(C(=O)Nc2nnc(-c3cccc(SC)c3)o2)c1OC. The minimum Gasteiger partial charge on any atom is -0.493 e. The molecule has 0 unspecified atom stereocenters. The van der Waals surface area contributed by atoms with Crippen LogP contribution in [0.1, 0.15) is 10.4 Å². The van der Waals surface area contributed by atoms with E-state index in [0.29, 0.717) is 23.0 Å². The van der Waals surface area contributed by atoms with Crippen LogP contribution in [0.25, 0.3) is 11.5 Å². The van der Waals surface area contributed by atoms with E-state index in [9.17, 15) is 4.79 Å². The predicted molar refractivity (Wildman–Crippen MR) is 99.0 cm³/mol. The van der Waals surface area contributed by atoms with Gasteiger partial charge in [-0.1, -0.05) is 17.2 Å². The highest BCUT2D eigenvalue weighted by Gasteiger charge is 2.19. The van der Waals surface area contributed by atoms with E-state index < -0.39 is 5.91 Å². The standard InChI is InChI=1S/C18H17N3O4S/c1-23-14-9-5-8-13(15(14)24-2)16(22)19-18-21-20-17(25-18)11-6-4-7-12(10-11)26-3/h4-10H,1-3H3,(H,19,21,22). The number of benzene rings is 2. The van der Waals surface area contributed by atoms with Crippen LogP contribution in [0, 0.1) is 0 Å². The Kier molecular flexibility index (Phi) is 5.43. The number of aromatic nitrogens is 2. The smallest absolute Gasteiger partial charge is 0.322 e. The highest BCUT2D eigenvalue weighted by molar-refractivity contribution is 7.98. The van der Waals surface area contributed by atoms with E-state index in [1.54, 1.807) is 30.0 Å². The van der Waals surface area contributed by atoms with Crippen molar-refractivity contribution in [2.75, 3.05) is 25.8 Å². The van der Waals surface area contributed by atoms with Crippen molar-refractivity contribution in [2.45, 2.75) is 4.90 Å². The maximum Gasteiger partial charge on any atom is 0.322 e. The fourth-order valence-electron chi connectivity index (χ4n) is 2.38. The first kappa shape index (κ1) is 17.8. The maximum atomic E-state index is 12.5. The summed E-state index contributed by atoms with van der Waals surface area (Å²) in [7, 11) is 2.98. The number of anilines is 1. The Morgan fingerprint density at radius 1 is 1.12 bits per heavy atom. The van der Waals surface area contributed by atoms with Gasteiger partial charge >= 0.3 is 6.01 Å². The zero-order valence-electron chi connectivity index (χ0n) is 14.5. The predicted octanol–water partition coefficient (Wildman–Crippen LogP) is 3.73. The first-order valence-corrected chi connectivity index (χ1v) is 8.89. The van der Waals surface area contributed by atoms with E-state index in [1.807, 2.05) is 30.5 Å². The van der Waals surface area contributed by atoms with Crippen molar-refractivity contribution in [3.63, 3.8) is 0 Å². The third kappa shape index (κ3) is 3.65. The molecule has 0 aliphatic carbocycles. The summed E-state index contributed by atoms with van der Waals surface area (Å²) in [6, 6.07) is 12.7. The normalized spacial score (nSPS) is 10.4. The molecular formula is C18H17N3O4S. The van der Waals surface area contributed by atoms with Crippen molar-refractivity contribution >= 4 is 23.7 Å². The van der Waals surface area contributed by atoms with Crippen molar-refractivity contribution in [1.29, 1.82) is 0 Å². The lowest BCUT2D eigenvalue weighted by Gasteiger charge is -2.11. The molecule has 0 radical (unpaired) electrons. The number of carbonyl (C=O) groups is 1. The van der Waals surface area contributed by atoms with Crippen LogP contribution in [0.3, 0.4) is 0 Å². The Labute approximate surface area is 154 Å². The monoisotopic (exact) mass is 371 g/mol. The van der Waals surface area contributed by atoms with Crippen LogP contribution in [0.15, 0.2) is 51.8 Å². The van der Waals surface area contributed by atoms with E-state index in [0.717, 1.165) is 10.5 Å². The fourth-order valence-corrected chi connectivity index (χ4v) is 2.84. The molecular weight excluding hydrogens is 354 g/mol. The van der Waals surface area contributed by atoms with E-state index in [1.165, 1.54) is 14.2 Å². The number of hydrogen-bond acceptors (Lipinski definition) is 7. The van der Waals surface area contributed by atoms with Crippen molar-refractivity contribution in [3.05, 3.63) is 48.0 Å². The molecule has 7 nitrogen and oxygen atoms in total. The molecule has 0 atom stereocenters. The van der Waals surface area contributed by atoms with Crippen LogP contribution in [0.4, 0.5) is 6.01 Å². The van der Waals surface area contributed by atoms with Gasteiger partial charge in [-0.3, -0.25) is 10.1 Å². The molecule has 0 fully saturated rings. The van der Waals surface area contributed by atoms with Gasteiger partial charge in [-0.15, -0.1) is 16.9 Å². The van der Waals surface area contributed by atoms with Crippen LogP contribution in [-0.4, -0.2) is 36.6 Å². The molecule has 0 aliphatic heterocycles. The summed E-state index contributed by atoms with van der Waals surface area (Å²) >= 11 is 1.61. The molecule has 1 N–H and O–H groups in total. The fraction of sp³-hybridized carbons (Fsp3) is 0.167. The summed E-state index contributed by atoms with van der Waals surface area (Å²) in [6.07, 6.45) is 1.99. The molecule has 3 rings (SSSR count). The first-order valence-electron chi connectivity index (χ1n) is 7.66. The third-order valence-electron chi connectivity index (χ3n) is 3.61. The van der Waals surface area contributed by atoms with Gasteiger partial charge in [0.25, 0.3) is 5.91 Å². The van der Waals surface area contributed by atoms with Gasteiger partial charge in [0.2, 0.25) is 5.89 Å². The lowest BCUT2D eigenvalue weighted by Crippen LogP contribution is -2.13. The highest BCUT2D eigenvalue weighted by Crippen LogP contribution is 2.31. The molecule has 8 heteroatoms. The summed E-state index contributed by atoms with van der Waals surface area (Å²) in [5, 5.41) is 10.5. The van der Waals surface area contributed by atoms with E-state index >= 15 is 0 Å². The zero-order chi connectivity index (χ0) is 18.5. The quantitative estimate of drug-likeness (QED) is 0.661. The van der Waals surface area contributed by atoms with Crippen molar-refractivity contribution in [1.82, 2.24) is 10.2 Å². The van der Waals surface area contributed by atoms with Crippen LogP contribution in [0.5, 0.6) is 11.5 Å². The Bertz CT molecular complexity index is 926. The molecule has 1 aromatic heterocycles. The van der Waals surface area contributed by atoms with Gasteiger partial charge in [0, 0.05) is 10.5 Å². The number of hydrogen-bond donors (Lipinski definition) is 1. The molecule has 0 bridgehead atoms. The van der Waals surface area contributed by atoms with Crippen LogP contribution in [0.2, 0.25) is 0 Å². The number of rotatable bonds is 6. The first-order chi connectivity index (χ1) is 12.7. The van der Waals surface area contributed by atoms with Crippen LogP contribution in [-0.2, 0) is 0 Å². The van der Waals surface area contributed by atoms with Crippen LogP contribution < -0.4 is 14.8 Å².